The highest BCUT2D eigenvalue weighted by Gasteiger charge is 2.20. The predicted molar refractivity (Wildman–Crippen MR) is 97.4 cm³/mol. The standard InChI is InChI=1S/C19H22N4O2/c1-4-19(25)22(12-16-9-10-20-23(16)13(2)3)15-6-7-17-14(11-15)5-8-18(24)21-17/h4,6-7,9-11,13H,1,5,8,12H2,2-3H3,(H,21,24). The Morgan fingerprint density at radius 2 is 2.20 bits per heavy atom. The van der Waals surface area contributed by atoms with Crippen LogP contribution in [-0.2, 0) is 22.6 Å². The van der Waals surface area contributed by atoms with Gasteiger partial charge in [0, 0.05) is 30.0 Å². The van der Waals surface area contributed by atoms with Crippen molar-refractivity contribution < 1.29 is 9.59 Å². The van der Waals surface area contributed by atoms with Crippen molar-refractivity contribution in [1.82, 2.24) is 9.78 Å². The van der Waals surface area contributed by atoms with Crippen molar-refractivity contribution in [3.63, 3.8) is 0 Å². The first-order valence-electron chi connectivity index (χ1n) is 8.38. The zero-order valence-corrected chi connectivity index (χ0v) is 14.5. The van der Waals surface area contributed by atoms with Crippen LogP contribution < -0.4 is 10.2 Å². The Kier molecular flexibility index (Phi) is 4.70. The molecular formula is C19H22N4O2. The fraction of sp³-hybridized carbons (Fsp3) is 0.316. The average molecular weight is 338 g/mol. The topological polar surface area (TPSA) is 67.2 Å². The Morgan fingerprint density at radius 1 is 1.40 bits per heavy atom. The zero-order chi connectivity index (χ0) is 18.0. The van der Waals surface area contributed by atoms with E-state index in [9.17, 15) is 9.59 Å². The summed E-state index contributed by atoms with van der Waals surface area (Å²) in [5, 5.41) is 7.19. The van der Waals surface area contributed by atoms with E-state index in [1.807, 2.05) is 28.9 Å². The van der Waals surface area contributed by atoms with Gasteiger partial charge < -0.3 is 10.2 Å². The lowest BCUT2D eigenvalue weighted by atomic mass is 10.0. The van der Waals surface area contributed by atoms with Gasteiger partial charge in [0.15, 0.2) is 0 Å². The number of fused-ring (bicyclic) bond motifs is 1. The number of anilines is 2. The molecule has 0 bridgehead atoms. The molecule has 1 aromatic heterocycles. The van der Waals surface area contributed by atoms with Crippen molar-refractivity contribution in [2.24, 2.45) is 0 Å². The molecule has 1 aliphatic heterocycles. The fourth-order valence-electron chi connectivity index (χ4n) is 3.04. The lowest BCUT2D eigenvalue weighted by molar-refractivity contribution is -0.116. The SMILES string of the molecule is C=CC(=O)N(Cc1ccnn1C(C)C)c1ccc2c(c1)CCC(=O)N2. The lowest BCUT2D eigenvalue weighted by Crippen LogP contribution is -2.30. The van der Waals surface area contributed by atoms with Crippen LogP contribution in [0.5, 0.6) is 0 Å². The molecule has 2 heterocycles. The number of aromatic nitrogens is 2. The normalized spacial score (nSPS) is 13.3. The maximum absolute atomic E-state index is 12.4. The first-order chi connectivity index (χ1) is 12.0. The second kappa shape index (κ2) is 6.93. The van der Waals surface area contributed by atoms with Gasteiger partial charge in [-0.05, 0) is 56.2 Å². The van der Waals surface area contributed by atoms with Crippen LogP contribution in [0.3, 0.4) is 0 Å². The van der Waals surface area contributed by atoms with Crippen LogP contribution in [0.1, 0.15) is 37.6 Å². The van der Waals surface area contributed by atoms with Crippen LogP contribution in [0.25, 0.3) is 0 Å². The van der Waals surface area contributed by atoms with E-state index in [4.69, 9.17) is 0 Å². The second-order valence-corrected chi connectivity index (χ2v) is 6.38. The summed E-state index contributed by atoms with van der Waals surface area (Å²) < 4.78 is 1.90. The highest BCUT2D eigenvalue weighted by molar-refractivity contribution is 6.01. The molecule has 2 aromatic rings. The van der Waals surface area contributed by atoms with E-state index >= 15 is 0 Å². The molecule has 0 atom stereocenters. The van der Waals surface area contributed by atoms with Crippen LogP contribution in [0.2, 0.25) is 0 Å². The highest BCUT2D eigenvalue weighted by atomic mass is 16.2. The minimum atomic E-state index is -0.170. The quantitative estimate of drug-likeness (QED) is 0.852. The largest absolute Gasteiger partial charge is 0.326 e. The van der Waals surface area contributed by atoms with Gasteiger partial charge in [-0.2, -0.15) is 5.10 Å². The van der Waals surface area contributed by atoms with E-state index < -0.39 is 0 Å². The van der Waals surface area contributed by atoms with Gasteiger partial charge in [-0.1, -0.05) is 6.58 Å². The molecule has 0 aliphatic carbocycles. The molecular weight excluding hydrogens is 316 g/mol. The van der Waals surface area contributed by atoms with Gasteiger partial charge in [-0.15, -0.1) is 0 Å². The zero-order valence-electron chi connectivity index (χ0n) is 14.5. The van der Waals surface area contributed by atoms with Gasteiger partial charge in [0.05, 0.1) is 12.2 Å². The fourth-order valence-corrected chi connectivity index (χ4v) is 3.04. The number of aryl methyl sites for hydroxylation is 1. The van der Waals surface area contributed by atoms with Crippen molar-refractivity contribution in [3.8, 4) is 0 Å². The van der Waals surface area contributed by atoms with Crippen LogP contribution in [0.4, 0.5) is 11.4 Å². The third-order valence-corrected chi connectivity index (χ3v) is 4.30. The number of hydrogen-bond donors (Lipinski definition) is 1. The maximum atomic E-state index is 12.4. The predicted octanol–water partition coefficient (Wildman–Crippen LogP) is 3.07. The Morgan fingerprint density at radius 3 is 2.92 bits per heavy atom. The minimum Gasteiger partial charge on any atom is -0.326 e. The summed E-state index contributed by atoms with van der Waals surface area (Å²) in [7, 11) is 0. The summed E-state index contributed by atoms with van der Waals surface area (Å²) in [6.07, 6.45) is 4.20. The highest BCUT2D eigenvalue weighted by Crippen LogP contribution is 2.28. The lowest BCUT2D eigenvalue weighted by Gasteiger charge is -2.25. The number of carbonyl (C=O) groups excluding carboxylic acids is 2. The molecule has 6 heteroatoms. The number of amides is 2. The Bertz CT molecular complexity index is 823. The van der Waals surface area contributed by atoms with Crippen LogP contribution in [0, 0.1) is 0 Å². The van der Waals surface area contributed by atoms with E-state index in [2.05, 4.69) is 30.8 Å². The van der Waals surface area contributed by atoms with E-state index in [1.165, 1.54) is 6.08 Å². The molecule has 0 fully saturated rings. The monoisotopic (exact) mass is 338 g/mol. The van der Waals surface area contributed by atoms with Crippen molar-refractivity contribution in [2.75, 3.05) is 10.2 Å². The molecule has 1 aliphatic rings. The minimum absolute atomic E-state index is 0.0279. The van der Waals surface area contributed by atoms with Gasteiger partial charge in [-0.25, -0.2) is 0 Å². The summed E-state index contributed by atoms with van der Waals surface area (Å²) in [5.74, 6) is -0.142. The smallest absolute Gasteiger partial charge is 0.250 e. The first-order valence-corrected chi connectivity index (χ1v) is 8.38. The molecule has 6 nitrogen and oxygen atoms in total. The molecule has 25 heavy (non-hydrogen) atoms. The molecule has 0 radical (unpaired) electrons. The second-order valence-electron chi connectivity index (χ2n) is 6.38. The van der Waals surface area contributed by atoms with Gasteiger partial charge >= 0.3 is 0 Å². The molecule has 0 spiro atoms. The summed E-state index contributed by atoms with van der Waals surface area (Å²) in [6, 6.07) is 7.80. The molecule has 3 rings (SSSR count). The van der Waals surface area contributed by atoms with Crippen LogP contribution in [0.15, 0.2) is 43.1 Å². The van der Waals surface area contributed by atoms with Gasteiger partial charge in [-0.3, -0.25) is 14.3 Å². The van der Waals surface area contributed by atoms with Crippen molar-refractivity contribution >= 4 is 23.2 Å². The Hall–Kier alpha value is -2.89. The average Bonchev–Trinajstić information content (AvgIpc) is 3.07. The molecule has 0 unspecified atom stereocenters. The summed E-state index contributed by atoms with van der Waals surface area (Å²) in [6.45, 7) is 8.14. The van der Waals surface area contributed by atoms with Crippen molar-refractivity contribution in [2.45, 2.75) is 39.3 Å². The number of hydrogen-bond acceptors (Lipinski definition) is 3. The number of nitrogens with one attached hydrogen (secondary N) is 1. The number of nitrogens with zero attached hydrogens (tertiary/aromatic N) is 3. The van der Waals surface area contributed by atoms with Crippen LogP contribution in [-0.4, -0.2) is 21.6 Å². The van der Waals surface area contributed by atoms with E-state index in [0.717, 1.165) is 22.6 Å². The first kappa shape index (κ1) is 17.0. The number of rotatable bonds is 5. The summed E-state index contributed by atoms with van der Waals surface area (Å²) in [5.41, 5.74) is 3.60. The van der Waals surface area contributed by atoms with Gasteiger partial charge in [0.1, 0.15) is 0 Å². The van der Waals surface area contributed by atoms with Crippen molar-refractivity contribution in [1.29, 1.82) is 0 Å². The van der Waals surface area contributed by atoms with Gasteiger partial charge in [0.25, 0.3) is 5.91 Å². The molecule has 0 saturated carbocycles. The number of benzene rings is 1. The third-order valence-electron chi connectivity index (χ3n) is 4.30. The number of carbonyl (C=O) groups is 2. The van der Waals surface area contributed by atoms with Gasteiger partial charge in [0.2, 0.25) is 5.91 Å². The van der Waals surface area contributed by atoms with Crippen molar-refractivity contribution in [3.05, 3.63) is 54.4 Å². The molecule has 0 saturated heterocycles. The molecule has 130 valence electrons. The van der Waals surface area contributed by atoms with E-state index in [0.29, 0.717) is 19.4 Å². The third kappa shape index (κ3) is 3.47. The van der Waals surface area contributed by atoms with E-state index in [-0.39, 0.29) is 17.9 Å². The van der Waals surface area contributed by atoms with E-state index in [1.54, 1.807) is 11.1 Å². The Labute approximate surface area is 147 Å². The molecule has 1 aromatic carbocycles. The maximum Gasteiger partial charge on any atom is 0.250 e. The summed E-state index contributed by atoms with van der Waals surface area (Å²) in [4.78, 5) is 25.6. The molecule has 2 amide bonds. The molecule has 1 N–H and O–H groups in total. The summed E-state index contributed by atoms with van der Waals surface area (Å²) >= 11 is 0. The van der Waals surface area contributed by atoms with Crippen LogP contribution >= 0.6 is 0 Å². The Balaban J connectivity index is 1.94.